The smallest absolute Gasteiger partial charge is 0.233 e. The van der Waals surface area contributed by atoms with E-state index in [1.165, 1.54) is 22.9 Å². The lowest BCUT2D eigenvalue weighted by Gasteiger charge is -2.28. The first kappa shape index (κ1) is 16.8. The Morgan fingerprint density at radius 3 is 2.77 bits per heavy atom. The van der Waals surface area contributed by atoms with E-state index < -0.39 is 0 Å². The van der Waals surface area contributed by atoms with Crippen molar-refractivity contribution in [3.8, 4) is 11.4 Å². The van der Waals surface area contributed by atoms with E-state index in [1.54, 1.807) is 0 Å². The second kappa shape index (κ2) is 7.33. The second-order valence-corrected chi connectivity index (χ2v) is 7.35. The Hall–Kier alpha value is -2.60. The maximum atomic E-state index is 12.6. The summed E-state index contributed by atoms with van der Waals surface area (Å²) in [4.78, 5) is 19.0. The van der Waals surface area contributed by atoms with Gasteiger partial charge in [-0.2, -0.15) is 0 Å². The number of H-pyrrole nitrogens is 1. The van der Waals surface area contributed by atoms with E-state index in [4.69, 9.17) is 0 Å². The lowest BCUT2D eigenvalue weighted by Crippen LogP contribution is -2.37. The minimum Gasteiger partial charge on any atom is -0.337 e. The third-order valence-electron chi connectivity index (χ3n) is 4.67. The molecule has 0 aliphatic carbocycles. The van der Waals surface area contributed by atoms with Crippen molar-refractivity contribution >= 4 is 17.7 Å². The van der Waals surface area contributed by atoms with Crippen molar-refractivity contribution in [2.24, 2.45) is 0 Å². The van der Waals surface area contributed by atoms with Crippen molar-refractivity contribution in [3.63, 3.8) is 0 Å². The van der Waals surface area contributed by atoms with Crippen molar-refractivity contribution in [1.29, 1.82) is 0 Å². The standard InChI is InChI=1S/C20H20N4OS/c1-14-6-2-5-9-17(14)19-21-20(23-22-19)26-13-18(25)24-11-10-15-7-3-4-8-16(15)12-24/h2-9H,10-13H2,1H3,(H,21,22,23). The number of nitrogens with one attached hydrogen (secondary N) is 1. The molecule has 0 radical (unpaired) electrons. The van der Waals surface area contributed by atoms with Crippen LogP contribution in [0.5, 0.6) is 0 Å². The number of nitrogens with zero attached hydrogens (tertiary/aromatic N) is 3. The largest absolute Gasteiger partial charge is 0.337 e. The molecule has 0 saturated heterocycles. The predicted octanol–water partition coefficient (Wildman–Crippen LogP) is 3.46. The Morgan fingerprint density at radius 2 is 1.92 bits per heavy atom. The minimum atomic E-state index is 0.131. The minimum absolute atomic E-state index is 0.131. The van der Waals surface area contributed by atoms with Gasteiger partial charge >= 0.3 is 0 Å². The van der Waals surface area contributed by atoms with Crippen LogP contribution in [0.2, 0.25) is 0 Å². The number of aromatic amines is 1. The van der Waals surface area contributed by atoms with Crippen LogP contribution in [0.15, 0.2) is 53.7 Å². The molecule has 6 heteroatoms. The molecule has 1 aromatic heterocycles. The van der Waals surface area contributed by atoms with E-state index in [-0.39, 0.29) is 5.91 Å². The third kappa shape index (κ3) is 3.51. The van der Waals surface area contributed by atoms with Gasteiger partial charge in [-0.05, 0) is 30.0 Å². The number of aryl methyl sites for hydroxylation is 1. The summed E-state index contributed by atoms with van der Waals surface area (Å²) in [6.07, 6.45) is 0.921. The SMILES string of the molecule is Cc1ccccc1-c1nc(SCC(=O)N2CCc3ccccc3C2)n[nH]1. The molecule has 2 heterocycles. The number of carbonyl (C=O) groups excluding carboxylic acids is 1. The number of hydrogen-bond donors (Lipinski definition) is 1. The lowest BCUT2D eigenvalue weighted by atomic mass is 10.00. The van der Waals surface area contributed by atoms with Crippen molar-refractivity contribution in [3.05, 3.63) is 65.2 Å². The van der Waals surface area contributed by atoms with Crippen molar-refractivity contribution in [2.45, 2.75) is 25.0 Å². The quantitative estimate of drug-likeness (QED) is 0.720. The van der Waals surface area contributed by atoms with Gasteiger partial charge in [-0.3, -0.25) is 9.89 Å². The molecule has 0 saturated carbocycles. The summed E-state index contributed by atoms with van der Waals surface area (Å²) < 4.78 is 0. The number of benzene rings is 2. The fourth-order valence-electron chi connectivity index (χ4n) is 3.20. The number of carbonyl (C=O) groups is 1. The summed E-state index contributed by atoms with van der Waals surface area (Å²) in [6.45, 7) is 3.51. The second-order valence-electron chi connectivity index (χ2n) is 6.40. The van der Waals surface area contributed by atoms with Gasteiger partial charge in [0.05, 0.1) is 5.75 Å². The van der Waals surface area contributed by atoms with Crippen molar-refractivity contribution in [2.75, 3.05) is 12.3 Å². The number of aromatic nitrogens is 3. The Morgan fingerprint density at radius 1 is 1.15 bits per heavy atom. The Labute approximate surface area is 156 Å². The summed E-state index contributed by atoms with van der Waals surface area (Å²) in [7, 11) is 0. The molecular formula is C20H20N4OS. The number of amides is 1. The van der Waals surface area contributed by atoms with Gasteiger partial charge in [0, 0.05) is 18.7 Å². The average Bonchev–Trinajstić information content (AvgIpc) is 3.15. The maximum absolute atomic E-state index is 12.6. The monoisotopic (exact) mass is 364 g/mol. The highest BCUT2D eigenvalue weighted by Gasteiger charge is 2.21. The molecule has 1 amide bonds. The van der Waals surface area contributed by atoms with Gasteiger partial charge in [0.15, 0.2) is 5.82 Å². The van der Waals surface area contributed by atoms with Crippen LogP contribution >= 0.6 is 11.8 Å². The van der Waals surface area contributed by atoms with Crippen LogP contribution in [0.25, 0.3) is 11.4 Å². The Balaban J connectivity index is 1.38. The molecule has 2 aromatic carbocycles. The summed E-state index contributed by atoms with van der Waals surface area (Å²) in [5.74, 6) is 1.23. The van der Waals surface area contributed by atoms with Crippen LogP contribution in [0.3, 0.4) is 0 Å². The average molecular weight is 364 g/mol. The topological polar surface area (TPSA) is 61.9 Å². The van der Waals surface area contributed by atoms with Gasteiger partial charge in [-0.25, -0.2) is 4.98 Å². The number of thioether (sulfide) groups is 1. The first-order valence-corrected chi connectivity index (χ1v) is 9.65. The van der Waals surface area contributed by atoms with Crippen LogP contribution in [0.4, 0.5) is 0 Å². The van der Waals surface area contributed by atoms with Crippen molar-refractivity contribution in [1.82, 2.24) is 20.1 Å². The predicted molar refractivity (Wildman–Crippen MR) is 103 cm³/mol. The molecule has 0 bridgehead atoms. The van der Waals surface area contributed by atoms with E-state index in [0.717, 1.165) is 29.9 Å². The molecule has 132 valence electrons. The van der Waals surface area contributed by atoms with Gasteiger partial charge in [0.2, 0.25) is 11.1 Å². The molecule has 0 spiro atoms. The van der Waals surface area contributed by atoms with Gasteiger partial charge in [0.25, 0.3) is 0 Å². The highest BCUT2D eigenvalue weighted by atomic mass is 32.2. The Bertz CT molecular complexity index is 937. The molecule has 1 aliphatic heterocycles. The van der Waals surface area contributed by atoms with Crippen LogP contribution < -0.4 is 0 Å². The molecule has 4 rings (SSSR count). The van der Waals surface area contributed by atoms with E-state index in [1.807, 2.05) is 42.2 Å². The number of fused-ring (bicyclic) bond motifs is 1. The summed E-state index contributed by atoms with van der Waals surface area (Å²) >= 11 is 1.38. The molecule has 1 aliphatic rings. The fourth-order valence-corrected chi connectivity index (χ4v) is 3.90. The molecule has 3 aromatic rings. The zero-order valence-electron chi connectivity index (χ0n) is 14.6. The zero-order chi connectivity index (χ0) is 17.9. The highest BCUT2D eigenvalue weighted by molar-refractivity contribution is 7.99. The molecule has 0 fully saturated rings. The fraction of sp³-hybridized carbons (Fsp3) is 0.250. The third-order valence-corrected chi connectivity index (χ3v) is 5.51. The van der Waals surface area contributed by atoms with Crippen molar-refractivity contribution < 1.29 is 4.79 Å². The lowest BCUT2D eigenvalue weighted by molar-refractivity contribution is -0.129. The van der Waals surface area contributed by atoms with E-state index in [2.05, 4.69) is 33.4 Å². The van der Waals surface area contributed by atoms with Gasteiger partial charge in [-0.1, -0.05) is 60.3 Å². The molecule has 0 atom stereocenters. The van der Waals surface area contributed by atoms with E-state index >= 15 is 0 Å². The Kier molecular flexibility index (Phi) is 4.75. The summed E-state index contributed by atoms with van der Waals surface area (Å²) in [5, 5.41) is 7.82. The van der Waals surface area contributed by atoms with E-state index in [0.29, 0.717) is 17.5 Å². The number of rotatable bonds is 4. The van der Waals surface area contributed by atoms with Gasteiger partial charge < -0.3 is 4.90 Å². The maximum Gasteiger partial charge on any atom is 0.233 e. The molecular weight excluding hydrogens is 344 g/mol. The van der Waals surface area contributed by atoms with Gasteiger partial charge in [0.1, 0.15) is 0 Å². The van der Waals surface area contributed by atoms with Gasteiger partial charge in [-0.15, -0.1) is 5.10 Å². The molecule has 26 heavy (non-hydrogen) atoms. The van der Waals surface area contributed by atoms with E-state index in [9.17, 15) is 4.79 Å². The molecule has 1 N–H and O–H groups in total. The summed E-state index contributed by atoms with van der Waals surface area (Å²) in [6, 6.07) is 16.4. The normalized spacial score (nSPS) is 13.5. The van der Waals surface area contributed by atoms with Crippen LogP contribution in [-0.2, 0) is 17.8 Å². The first-order chi connectivity index (χ1) is 12.7. The molecule has 5 nitrogen and oxygen atoms in total. The van der Waals surface area contributed by atoms with Crippen LogP contribution in [0, 0.1) is 6.92 Å². The molecule has 0 unspecified atom stereocenters. The zero-order valence-corrected chi connectivity index (χ0v) is 15.4. The number of hydrogen-bond acceptors (Lipinski definition) is 4. The van der Waals surface area contributed by atoms with Crippen LogP contribution in [0.1, 0.15) is 16.7 Å². The summed E-state index contributed by atoms with van der Waals surface area (Å²) in [5.41, 5.74) is 4.77. The highest BCUT2D eigenvalue weighted by Crippen LogP contribution is 2.23. The first-order valence-electron chi connectivity index (χ1n) is 8.66. The van der Waals surface area contributed by atoms with Crippen LogP contribution in [-0.4, -0.2) is 38.3 Å².